The average Bonchev–Trinajstić information content (AvgIpc) is 2.68. The Balaban J connectivity index is 1.53. The molecule has 1 aliphatic rings. The summed E-state index contributed by atoms with van der Waals surface area (Å²) in [6.45, 7) is 2.28. The van der Waals surface area contributed by atoms with Crippen LogP contribution in [0.4, 0.5) is 4.39 Å². The second kappa shape index (κ2) is 9.09. The minimum absolute atomic E-state index is 0.0696. The largest absolute Gasteiger partial charge is 0.341 e. The molecule has 0 spiro atoms. The molecule has 1 amide bonds. The molecule has 0 bridgehead atoms. The van der Waals surface area contributed by atoms with Crippen LogP contribution < -0.4 is 0 Å². The van der Waals surface area contributed by atoms with E-state index < -0.39 is 0 Å². The Hall–Kier alpha value is -1.99. The van der Waals surface area contributed by atoms with Gasteiger partial charge in [-0.15, -0.1) is 0 Å². The number of nitrogens with zero attached hydrogens (tertiary/aromatic N) is 4. The normalized spacial score (nSPS) is 17.8. The highest BCUT2D eigenvalue weighted by atomic mass is 32.2. The number of hydrogen-bond donors (Lipinski definition) is 0. The van der Waals surface area contributed by atoms with Crippen molar-refractivity contribution in [1.82, 2.24) is 19.8 Å². The molecule has 5 nitrogen and oxygen atoms in total. The SMILES string of the molecule is CN(C(=O)CSc1ncccn1)C1CCCN(Cc2ccccc2F)C1. The first-order valence-corrected chi connectivity index (χ1v) is 9.73. The van der Waals surface area contributed by atoms with Crippen molar-refractivity contribution in [2.45, 2.75) is 30.6 Å². The van der Waals surface area contributed by atoms with Crippen LogP contribution in [0.5, 0.6) is 0 Å². The maximum atomic E-state index is 13.9. The van der Waals surface area contributed by atoms with Crippen molar-refractivity contribution in [3.05, 3.63) is 54.1 Å². The Morgan fingerprint density at radius 2 is 2.08 bits per heavy atom. The molecule has 0 saturated carbocycles. The molecule has 1 aromatic carbocycles. The fraction of sp³-hybridized carbons (Fsp3) is 0.421. The summed E-state index contributed by atoms with van der Waals surface area (Å²) in [6.07, 6.45) is 5.32. The van der Waals surface area contributed by atoms with E-state index in [1.54, 1.807) is 24.5 Å². The highest BCUT2D eigenvalue weighted by molar-refractivity contribution is 7.99. The summed E-state index contributed by atoms with van der Waals surface area (Å²) in [4.78, 5) is 24.8. The number of aromatic nitrogens is 2. The van der Waals surface area contributed by atoms with E-state index in [4.69, 9.17) is 0 Å². The van der Waals surface area contributed by atoms with Crippen LogP contribution in [-0.4, -0.2) is 57.6 Å². The third-order valence-corrected chi connectivity index (χ3v) is 5.50. The molecule has 3 rings (SSSR count). The predicted molar refractivity (Wildman–Crippen MR) is 100 cm³/mol. The summed E-state index contributed by atoms with van der Waals surface area (Å²) >= 11 is 1.35. The lowest BCUT2D eigenvalue weighted by molar-refractivity contribution is -0.130. The number of carbonyl (C=O) groups is 1. The topological polar surface area (TPSA) is 49.3 Å². The van der Waals surface area contributed by atoms with E-state index in [-0.39, 0.29) is 17.8 Å². The maximum Gasteiger partial charge on any atom is 0.233 e. The van der Waals surface area contributed by atoms with Gasteiger partial charge in [-0.3, -0.25) is 9.69 Å². The molecule has 1 atom stereocenters. The maximum absolute atomic E-state index is 13.9. The van der Waals surface area contributed by atoms with Gasteiger partial charge in [-0.05, 0) is 31.5 Å². The highest BCUT2D eigenvalue weighted by Gasteiger charge is 2.26. The third kappa shape index (κ3) is 5.02. The Morgan fingerprint density at radius 3 is 2.85 bits per heavy atom. The van der Waals surface area contributed by atoms with Crippen LogP contribution in [0.15, 0.2) is 47.9 Å². The van der Waals surface area contributed by atoms with Gasteiger partial charge in [0.1, 0.15) is 5.82 Å². The Morgan fingerprint density at radius 1 is 1.31 bits per heavy atom. The van der Waals surface area contributed by atoms with E-state index in [1.807, 2.05) is 24.1 Å². The molecule has 1 aliphatic heterocycles. The Bertz CT molecular complexity index is 730. The molecule has 1 fully saturated rings. The summed E-state index contributed by atoms with van der Waals surface area (Å²) in [5.74, 6) is 0.225. The molecule has 1 saturated heterocycles. The van der Waals surface area contributed by atoms with E-state index in [0.717, 1.165) is 25.9 Å². The zero-order valence-electron chi connectivity index (χ0n) is 14.8. The highest BCUT2D eigenvalue weighted by Crippen LogP contribution is 2.20. The molecule has 0 radical (unpaired) electrons. The van der Waals surface area contributed by atoms with E-state index in [9.17, 15) is 9.18 Å². The van der Waals surface area contributed by atoms with Gasteiger partial charge in [0.15, 0.2) is 5.16 Å². The predicted octanol–water partition coefficient (Wildman–Crippen LogP) is 2.83. The number of likely N-dealkylation sites (tertiary alicyclic amines) is 1. The van der Waals surface area contributed by atoms with Crippen LogP contribution >= 0.6 is 11.8 Å². The lowest BCUT2D eigenvalue weighted by Gasteiger charge is -2.37. The summed E-state index contributed by atoms with van der Waals surface area (Å²) in [5.41, 5.74) is 0.707. The van der Waals surface area contributed by atoms with Crippen molar-refractivity contribution >= 4 is 17.7 Å². The van der Waals surface area contributed by atoms with Crippen molar-refractivity contribution in [1.29, 1.82) is 0 Å². The van der Waals surface area contributed by atoms with Crippen molar-refractivity contribution in [2.75, 3.05) is 25.9 Å². The lowest BCUT2D eigenvalue weighted by Crippen LogP contribution is -2.48. The van der Waals surface area contributed by atoms with Gasteiger partial charge in [0.25, 0.3) is 0 Å². The van der Waals surface area contributed by atoms with Crippen molar-refractivity contribution in [3.63, 3.8) is 0 Å². The van der Waals surface area contributed by atoms with Gasteiger partial charge in [0.05, 0.1) is 5.75 Å². The number of hydrogen-bond acceptors (Lipinski definition) is 5. The van der Waals surface area contributed by atoms with Crippen LogP contribution in [0.25, 0.3) is 0 Å². The molecule has 7 heteroatoms. The molecule has 1 unspecified atom stereocenters. The van der Waals surface area contributed by atoms with Gasteiger partial charge in [0, 0.05) is 44.1 Å². The lowest BCUT2D eigenvalue weighted by atomic mass is 10.0. The fourth-order valence-corrected chi connectivity index (χ4v) is 3.88. The summed E-state index contributed by atoms with van der Waals surface area (Å²) in [5, 5.41) is 0.610. The van der Waals surface area contributed by atoms with Crippen LogP contribution in [-0.2, 0) is 11.3 Å². The van der Waals surface area contributed by atoms with Gasteiger partial charge in [-0.1, -0.05) is 30.0 Å². The number of rotatable bonds is 6. The van der Waals surface area contributed by atoms with E-state index >= 15 is 0 Å². The van der Waals surface area contributed by atoms with Crippen LogP contribution in [0.3, 0.4) is 0 Å². The van der Waals surface area contributed by atoms with Crippen LogP contribution in [0, 0.1) is 5.82 Å². The molecule has 1 aromatic heterocycles. The third-order valence-electron chi connectivity index (χ3n) is 4.64. The first-order valence-electron chi connectivity index (χ1n) is 8.74. The number of thioether (sulfide) groups is 1. The smallest absolute Gasteiger partial charge is 0.233 e. The zero-order chi connectivity index (χ0) is 18.4. The molecule has 2 aromatic rings. The second-order valence-corrected chi connectivity index (χ2v) is 7.39. The van der Waals surface area contributed by atoms with Crippen LogP contribution in [0.2, 0.25) is 0 Å². The number of amides is 1. The van der Waals surface area contributed by atoms with Crippen LogP contribution in [0.1, 0.15) is 18.4 Å². The second-order valence-electron chi connectivity index (χ2n) is 6.45. The summed E-state index contributed by atoms with van der Waals surface area (Å²) < 4.78 is 13.9. The molecule has 0 aliphatic carbocycles. The molecular formula is C19H23FN4OS. The number of carbonyl (C=O) groups excluding carboxylic acids is 1. The standard InChI is InChI=1S/C19H23FN4OS/c1-23(18(25)14-26-19-21-9-5-10-22-19)16-7-4-11-24(13-16)12-15-6-2-3-8-17(15)20/h2-3,5-6,8-10,16H,4,7,11-14H2,1H3. The minimum Gasteiger partial charge on any atom is -0.341 e. The van der Waals surface area contributed by atoms with Crippen molar-refractivity contribution in [2.24, 2.45) is 0 Å². The Labute approximate surface area is 157 Å². The average molecular weight is 374 g/mol. The summed E-state index contributed by atoms with van der Waals surface area (Å²) in [7, 11) is 1.85. The zero-order valence-corrected chi connectivity index (χ0v) is 15.7. The van der Waals surface area contributed by atoms with E-state index in [1.165, 1.54) is 17.8 Å². The number of likely N-dealkylation sites (N-methyl/N-ethyl adjacent to an activating group) is 1. The van der Waals surface area contributed by atoms with Gasteiger partial charge in [-0.2, -0.15) is 0 Å². The van der Waals surface area contributed by atoms with E-state index in [0.29, 0.717) is 23.0 Å². The van der Waals surface area contributed by atoms with Gasteiger partial charge < -0.3 is 4.90 Å². The quantitative estimate of drug-likeness (QED) is 0.575. The minimum atomic E-state index is -0.168. The van der Waals surface area contributed by atoms with Gasteiger partial charge >= 0.3 is 0 Å². The monoisotopic (exact) mass is 374 g/mol. The van der Waals surface area contributed by atoms with Crippen molar-refractivity contribution < 1.29 is 9.18 Å². The molecule has 2 heterocycles. The van der Waals surface area contributed by atoms with Gasteiger partial charge in [0.2, 0.25) is 5.91 Å². The van der Waals surface area contributed by atoms with E-state index in [2.05, 4.69) is 14.9 Å². The van der Waals surface area contributed by atoms with Crippen molar-refractivity contribution in [3.8, 4) is 0 Å². The number of piperidine rings is 1. The fourth-order valence-electron chi connectivity index (χ4n) is 3.15. The first kappa shape index (κ1) is 18.8. The summed E-state index contributed by atoms with van der Waals surface area (Å²) in [6, 6.07) is 8.79. The molecular weight excluding hydrogens is 351 g/mol. The Kier molecular flexibility index (Phi) is 6.57. The number of benzene rings is 1. The molecule has 0 N–H and O–H groups in total. The first-order chi connectivity index (χ1) is 12.6. The van der Waals surface area contributed by atoms with Gasteiger partial charge in [-0.25, -0.2) is 14.4 Å². The molecule has 26 heavy (non-hydrogen) atoms. The number of halogens is 1. The molecule has 138 valence electrons.